The van der Waals surface area contributed by atoms with Gasteiger partial charge in [0.1, 0.15) is 12.1 Å². The average molecular weight is 411 g/mol. The molecule has 7 heteroatoms. The summed E-state index contributed by atoms with van der Waals surface area (Å²) >= 11 is 6.05. The molecule has 1 heterocycles. The molecule has 29 heavy (non-hydrogen) atoms. The first kappa shape index (κ1) is 20.8. The molecular formula is C22H23ClN4O2. The van der Waals surface area contributed by atoms with Gasteiger partial charge in [-0.2, -0.15) is 5.26 Å². The van der Waals surface area contributed by atoms with Gasteiger partial charge in [-0.15, -0.1) is 0 Å². The van der Waals surface area contributed by atoms with E-state index in [0.29, 0.717) is 36.8 Å². The van der Waals surface area contributed by atoms with E-state index in [4.69, 9.17) is 11.6 Å². The molecule has 1 N–H and O–H groups in total. The summed E-state index contributed by atoms with van der Waals surface area (Å²) in [6, 6.07) is 17.9. The van der Waals surface area contributed by atoms with E-state index in [1.54, 1.807) is 36.1 Å². The highest BCUT2D eigenvalue weighted by molar-refractivity contribution is 6.33. The van der Waals surface area contributed by atoms with E-state index in [9.17, 15) is 14.9 Å². The van der Waals surface area contributed by atoms with Crippen molar-refractivity contribution in [1.82, 2.24) is 15.1 Å². The molecule has 150 valence electrons. The lowest BCUT2D eigenvalue weighted by atomic mass is 10.1. The van der Waals surface area contributed by atoms with E-state index in [1.807, 2.05) is 30.3 Å². The first-order valence-electron chi connectivity index (χ1n) is 9.51. The fourth-order valence-electron chi connectivity index (χ4n) is 3.41. The Morgan fingerprint density at radius 2 is 1.86 bits per heavy atom. The number of hydrogen-bond acceptors (Lipinski definition) is 4. The van der Waals surface area contributed by atoms with Crippen LogP contribution < -0.4 is 5.32 Å². The molecular weight excluding hydrogens is 388 g/mol. The molecule has 2 unspecified atom stereocenters. The fourth-order valence-corrected chi connectivity index (χ4v) is 3.63. The van der Waals surface area contributed by atoms with Gasteiger partial charge >= 0.3 is 0 Å². The predicted octanol–water partition coefficient (Wildman–Crippen LogP) is 2.69. The Morgan fingerprint density at radius 1 is 1.17 bits per heavy atom. The largest absolute Gasteiger partial charge is 0.340 e. The first-order valence-corrected chi connectivity index (χ1v) is 9.89. The lowest BCUT2D eigenvalue weighted by molar-refractivity contribution is -0.135. The predicted molar refractivity (Wildman–Crippen MR) is 111 cm³/mol. The van der Waals surface area contributed by atoms with Gasteiger partial charge in [0.2, 0.25) is 5.91 Å². The molecule has 0 radical (unpaired) electrons. The van der Waals surface area contributed by atoms with Crippen LogP contribution in [0.15, 0.2) is 54.6 Å². The summed E-state index contributed by atoms with van der Waals surface area (Å²) in [4.78, 5) is 29.0. The van der Waals surface area contributed by atoms with E-state index in [-0.39, 0.29) is 11.9 Å². The van der Waals surface area contributed by atoms with Crippen LogP contribution in [0.25, 0.3) is 0 Å². The Balaban J connectivity index is 1.59. The first-order chi connectivity index (χ1) is 14.0. The molecule has 0 saturated carbocycles. The molecule has 1 saturated heterocycles. The molecule has 2 amide bonds. The van der Waals surface area contributed by atoms with Crippen molar-refractivity contribution >= 4 is 23.4 Å². The van der Waals surface area contributed by atoms with Gasteiger partial charge in [0.15, 0.2) is 0 Å². The topological polar surface area (TPSA) is 76.4 Å². The number of nitriles is 1. The van der Waals surface area contributed by atoms with Crippen LogP contribution in [0.4, 0.5) is 0 Å². The standard InChI is InChI=1S/C22H23ClN4O2/c1-16(25-21(28)19-9-5-6-10-20(19)23)22(29)27-12-11-26(18(13-24)15-27)14-17-7-3-2-4-8-17/h2-10,16,18H,11-12,14-15H2,1H3,(H,25,28). The second-order valence-electron chi connectivity index (χ2n) is 7.06. The molecule has 2 atom stereocenters. The van der Waals surface area contributed by atoms with Crippen LogP contribution in [0.2, 0.25) is 5.02 Å². The maximum absolute atomic E-state index is 12.8. The summed E-state index contributed by atoms with van der Waals surface area (Å²) in [6.07, 6.45) is 0. The van der Waals surface area contributed by atoms with Crippen LogP contribution in [0, 0.1) is 11.3 Å². The maximum Gasteiger partial charge on any atom is 0.253 e. The SMILES string of the molecule is CC(NC(=O)c1ccccc1Cl)C(=O)N1CCN(Cc2ccccc2)C(C#N)C1. The maximum atomic E-state index is 12.8. The van der Waals surface area contributed by atoms with Crippen molar-refractivity contribution < 1.29 is 9.59 Å². The number of carbonyl (C=O) groups excluding carboxylic acids is 2. The molecule has 0 aromatic heterocycles. The van der Waals surface area contributed by atoms with E-state index in [1.165, 1.54) is 0 Å². The molecule has 2 aromatic rings. The van der Waals surface area contributed by atoms with Gasteiger partial charge in [0.25, 0.3) is 5.91 Å². The van der Waals surface area contributed by atoms with Crippen molar-refractivity contribution in [2.24, 2.45) is 0 Å². The van der Waals surface area contributed by atoms with Gasteiger partial charge in [-0.3, -0.25) is 14.5 Å². The highest BCUT2D eigenvalue weighted by Gasteiger charge is 2.32. The summed E-state index contributed by atoms with van der Waals surface area (Å²) in [5, 5.41) is 12.6. The third-order valence-corrected chi connectivity index (χ3v) is 5.35. The molecule has 1 fully saturated rings. The van der Waals surface area contributed by atoms with E-state index in [0.717, 1.165) is 5.56 Å². The van der Waals surface area contributed by atoms with Gasteiger partial charge in [-0.1, -0.05) is 54.1 Å². The van der Waals surface area contributed by atoms with Crippen molar-refractivity contribution in [3.8, 4) is 6.07 Å². The summed E-state index contributed by atoms with van der Waals surface area (Å²) in [7, 11) is 0. The van der Waals surface area contributed by atoms with Crippen LogP contribution in [0.3, 0.4) is 0 Å². The third kappa shape index (κ3) is 5.14. The van der Waals surface area contributed by atoms with Crippen molar-refractivity contribution in [2.75, 3.05) is 19.6 Å². The molecule has 0 spiro atoms. The zero-order valence-corrected chi connectivity index (χ0v) is 17.0. The smallest absolute Gasteiger partial charge is 0.253 e. The Bertz CT molecular complexity index is 913. The number of carbonyl (C=O) groups is 2. The molecule has 1 aliphatic rings. The van der Waals surface area contributed by atoms with Crippen molar-refractivity contribution in [3.05, 3.63) is 70.7 Å². The Hall–Kier alpha value is -2.88. The lowest BCUT2D eigenvalue weighted by Crippen LogP contribution is -2.57. The summed E-state index contributed by atoms with van der Waals surface area (Å²) in [6.45, 7) is 3.74. The molecule has 2 aromatic carbocycles. The van der Waals surface area contributed by atoms with Crippen LogP contribution in [0.5, 0.6) is 0 Å². The Morgan fingerprint density at radius 3 is 2.55 bits per heavy atom. The van der Waals surface area contributed by atoms with Crippen molar-refractivity contribution in [1.29, 1.82) is 5.26 Å². The lowest BCUT2D eigenvalue weighted by Gasteiger charge is -2.39. The number of rotatable bonds is 5. The van der Waals surface area contributed by atoms with Gasteiger partial charge in [0.05, 0.1) is 16.7 Å². The van der Waals surface area contributed by atoms with Gasteiger partial charge in [-0.05, 0) is 24.6 Å². The quantitative estimate of drug-likeness (QED) is 0.822. The number of amides is 2. The van der Waals surface area contributed by atoms with Crippen molar-refractivity contribution in [2.45, 2.75) is 25.6 Å². The fraction of sp³-hybridized carbons (Fsp3) is 0.318. The highest BCUT2D eigenvalue weighted by atomic mass is 35.5. The molecule has 0 bridgehead atoms. The minimum Gasteiger partial charge on any atom is -0.340 e. The van der Waals surface area contributed by atoms with Gasteiger partial charge in [-0.25, -0.2) is 0 Å². The number of hydrogen-bond donors (Lipinski definition) is 1. The van der Waals surface area contributed by atoms with E-state index in [2.05, 4.69) is 16.3 Å². The summed E-state index contributed by atoms with van der Waals surface area (Å²) < 4.78 is 0. The zero-order chi connectivity index (χ0) is 20.8. The average Bonchev–Trinajstić information content (AvgIpc) is 2.74. The van der Waals surface area contributed by atoms with E-state index < -0.39 is 11.9 Å². The molecule has 0 aliphatic carbocycles. The van der Waals surface area contributed by atoms with E-state index >= 15 is 0 Å². The van der Waals surface area contributed by atoms with Crippen LogP contribution in [0.1, 0.15) is 22.8 Å². The van der Waals surface area contributed by atoms with Crippen LogP contribution in [-0.4, -0.2) is 53.3 Å². The highest BCUT2D eigenvalue weighted by Crippen LogP contribution is 2.16. The normalized spacial score (nSPS) is 18.0. The molecule has 3 rings (SSSR count). The zero-order valence-electron chi connectivity index (χ0n) is 16.2. The Kier molecular flexibility index (Phi) is 6.86. The number of nitrogens with zero attached hydrogens (tertiary/aromatic N) is 3. The third-order valence-electron chi connectivity index (χ3n) is 5.02. The van der Waals surface area contributed by atoms with Gasteiger partial charge < -0.3 is 10.2 Å². The van der Waals surface area contributed by atoms with Gasteiger partial charge in [0, 0.05) is 26.2 Å². The minimum absolute atomic E-state index is 0.204. The second-order valence-corrected chi connectivity index (χ2v) is 7.47. The van der Waals surface area contributed by atoms with Crippen molar-refractivity contribution in [3.63, 3.8) is 0 Å². The van der Waals surface area contributed by atoms with Crippen LogP contribution >= 0.6 is 11.6 Å². The summed E-state index contributed by atoms with van der Waals surface area (Å²) in [5.41, 5.74) is 1.46. The Labute approximate surface area is 175 Å². The monoisotopic (exact) mass is 410 g/mol. The summed E-state index contributed by atoms with van der Waals surface area (Å²) in [5.74, 6) is -0.596. The molecule has 1 aliphatic heterocycles. The number of piperazine rings is 1. The second kappa shape index (κ2) is 9.55. The number of halogens is 1. The van der Waals surface area contributed by atoms with Crippen LogP contribution in [-0.2, 0) is 11.3 Å². The number of nitrogens with one attached hydrogen (secondary N) is 1. The minimum atomic E-state index is -0.709. The number of benzene rings is 2. The molecule has 6 nitrogen and oxygen atoms in total.